The lowest BCUT2D eigenvalue weighted by atomic mass is 10.0. The molecule has 0 bridgehead atoms. The summed E-state index contributed by atoms with van der Waals surface area (Å²) in [5.41, 5.74) is 5.34. The molecule has 0 aromatic heterocycles. The molecule has 2 atom stereocenters. The second-order valence-corrected chi connectivity index (χ2v) is 21.3. The Morgan fingerprint density at radius 3 is 1.06 bits per heavy atom. The Bertz CT molecular complexity index is 1110. The number of allylic oxidation sites excluding steroid dienone is 2. The highest BCUT2D eigenvalue weighted by atomic mass is 31.2. The van der Waals surface area contributed by atoms with E-state index in [1.54, 1.807) is 0 Å². The molecule has 0 heterocycles. The number of ether oxygens (including phenoxy) is 2. The van der Waals surface area contributed by atoms with Crippen LogP contribution in [-0.2, 0) is 32.7 Å². The van der Waals surface area contributed by atoms with Gasteiger partial charge in [0.2, 0.25) is 0 Å². The van der Waals surface area contributed by atoms with E-state index in [9.17, 15) is 19.0 Å². The molecule has 0 rings (SSSR count). The zero-order chi connectivity index (χ0) is 48.8. The van der Waals surface area contributed by atoms with Crippen molar-refractivity contribution in [1.82, 2.24) is 0 Å². The molecule has 67 heavy (non-hydrogen) atoms. The van der Waals surface area contributed by atoms with Crippen LogP contribution in [0.1, 0.15) is 309 Å². The SMILES string of the molecule is CCCCCCCCCC/C=C\CCCCCCCCCCCCCCCCCCCCCCCCCCCCCCCC(=O)OC(COC(=O)CCCCCCC)COP(=O)(O)OCCN. The van der Waals surface area contributed by atoms with Crippen molar-refractivity contribution in [2.75, 3.05) is 26.4 Å². The minimum Gasteiger partial charge on any atom is -0.462 e. The van der Waals surface area contributed by atoms with Crippen LogP contribution in [0.4, 0.5) is 0 Å². The monoisotopic (exact) mass is 970 g/mol. The summed E-state index contributed by atoms with van der Waals surface area (Å²) in [6.45, 7) is 3.68. The van der Waals surface area contributed by atoms with E-state index in [4.69, 9.17) is 24.3 Å². The predicted octanol–water partition coefficient (Wildman–Crippen LogP) is 18.1. The van der Waals surface area contributed by atoms with Crippen LogP contribution in [0.2, 0.25) is 0 Å². The first-order chi connectivity index (χ1) is 32.8. The van der Waals surface area contributed by atoms with Gasteiger partial charge in [-0.1, -0.05) is 270 Å². The molecule has 0 saturated carbocycles. The average Bonchev–Trinajstić information content (AvgIpc) is 3.32. The van der Waals surface area contributed by atoms with Gasteiger partial charge in [-0.25, -0.2) is 4.57 Å². The van der Waals surface area contributed by atoms with E-state index in [1.807, 2.05) is 0 Å². The number of nitrogens with two attached hydrogens (primary N) is 1. The average molecular weight is 970 g/mol. The number of hydrogen-bond donors (Lipinski definition) is 2. The van der Waals surface area contributed by atoms with E-state index in [0.29, 0.717) is 6.42 Å². The zero-order valence-electron chi connectivity index (χ0n) is 44.4. The van der Waals surface area contributed by atoms with Gasteiger partial charge >= 0.3 is 19.8 Å². The molecule has 2 unspecified atom stereocenters. The van der Waals surface area contributed by atoms with Crippen molar-refractivity contribution < 1.29 is 37.6 Å². The number of phosphoric ester groups is 1. The van der Waals surface area contributed by atoms with Gasteiger partial charge in [0.25, 0.3) is 0 Å². The topological polar surface area (TPSA) is 134 Å². The van der Waals surface area contributed by atoms with Crippen LogP contribution in [0.25, 0.3) is 0 Å². The lowest BCUT2D eigenvalue weighted by molar-refractivity contribution is -0.161. The molecular weight excluding hydrogens is 858 g/mol. The van der Waals surface area contributed by atoms with Crippen LogP contribution >= 0.6 is 7.82 Å². The lowest BCUT2D eigenvalue weighted by Gasteiger charge is -2.19. The normalized spacial score (nSPS) is 13.1. The molecule has 398 valence electrons. The molecule has 0 radical (unpaired) electrons. The van der Waals surface area contributed by atoms with Crippen molar-refractivity contribution in [1.29, 1.82) is 0 Å². The van der Waals surface area contributed by atoms with Crippen LogP contribution in [0, 0.1) is 0 Å². The van der Waals surface area contributed by atoms with E-state index in [-0.39, 0.29) is 38.6 Å². The molecule has 0 aliphatic heterocycles. The fraction of sp³-hybridized carbons (Fsp3) is 0.930. The van der Waals surface area contributed by atoms with Crippen LogP contribution in [0.3, 0.4) is 0 Å². The third-order valence-electron chi connectivity index (χ3n) is 13.2. The summed E-state index contributed by atoms with van der Waals surface area (Å²) in [6.07, 6.45) is 62.4. The van der Waals surface area contributed by atoms with E-state index in [2.05, 4.69) is 26.0 Å². The van der Waals surface area contributed by atoms with Crippen molar-refractivity contribution >= 4 is 19.8 Å². The summed E-state index contributed by atoms with van der Waals surface area (Å²) in [5.74, 6) is -0.828. The van der Waals surface area contributed by atoms with Crippen molar-refractivity contribution in [2.24, 2.45) is 5.73 Å². The maximum atomic E-state index is 12.6. The molecule has 0 fully saturated rings. The molecule has 3 N–H and O–H groups in total. The molecule has 0 aromatic rings. The Balaban J connectivity index is 3.54. The molecule has 0 amide bonds. The molecule has 9 nitrogen and oxygen atoms in total. The Labute approximate surface area is 415 Å². The number of carbonyl (C=O) groups excluding carboxylic acids is 2. The standard InChI is InChI=1S/C57H112NO8P/c1-3-5-7-9-10-11-12-13-14-15-16-17-18-19-20-21-22-23-24-25-26-27-28-29-30-31-32-33-34-35-36-37-38-39-40-41-42-43-44-46-48-50-57(60)66-55(54-65-67(61,62)64-52-51-58)53-63-56(59)49-47-45-8-6-4-2/h15-16,55H,3-14,17-54,58H2,1-2H3,(H,61,62)/b16-15-. The van der Waals surface area contributed by atoms with Crippen molar-refractivity contribution in [2.45, 2.75) is 315 Å². The smallest absolute Gasteiger partial charge is 0.462 e. The van der Waals surface area contributed by atoms with Crippen LogP contribution in [0.5, 0.6) is 0 Å². The highest BCUT2D eigenvalue weighted by Gasteiger charge is 2.26. The third kappa shape index (κ3) is 53.9. The number of hydrogen-bond acceptors (Lipinski definition) is 8. The van der Waals surface area contributed by atoms with E-state index >= 15 is 0 Å². The first kappa shape index (κ1) is 65.8. The minimum atomic E-state index is -4.36. The third-order valence-corrected chi connectivity index (χ3v) is 14.1. The molecule has 10 heteroatoms. The Morgan fingerprint density at radius 1 is 0.433 bits per heavy atom. The van der Waals surface area contributed by atoms with Crippen molar-refractivity contribution in [3.63, 3.8) is 0 Å². The van der Waals surface area contributed by atoms with Crippen LogP contribution in [-0.4, -0.2) is 49.3 Å². The number of carbonyl (C=O) groups is 2. The first-order valence-electron chi connectivity index (χ1n) is 29.2. The second kappa shape index (κ2) is 54.1. The van der Waals surface area contributed by atoms with Crippen LogP contribution in [0.15, 0.2) is 12.2 Å². The Morgan fingerprint density at radius 2 is 0.731 bits per heavy atom. The molecule has 0 aliphatic rings. The van der Waals surface area contributed by atoms with Gasteiger partial charge in [-0.2, -0.15) is 0 Å². The zero-order valence-corrected chi connectivity index (χ0v) is 45.3. The van der Waals surface area contributed by atoms with Crippen molar-refractivity contribution in [3.8, 4) is 0 Å². The fourth-order valence-electron chi connectivity index (χ4n) is 8.81. The highest BCUT2D eigenvalue weighted by Crippen LogP contribution is 2.43. The van der Waals surface area contributed by atoms with Gasteiger partial charge in [0, 0.05) is 19.4 Å². The second-order valence-electron chi connectivity index (χ2n) is 19.9. The molecule has 0 aliphatic carbocycles. The maximum Gasteiger partial charge on any atom is 0.472 e. The Hall–Kier alpha value is -1.25. The van der Waals surface area contributed by atoms with E-state index in [1.165, 1.54) is 231 Å². The summed E-state index contributed by atoms with van der Waals surface area (Å²) in [5, 5.41) is 0. The van der Waals surface area contributed by atoms with Crippen LogP contribution < -0.4 is 5.73 Å². The quantitative estimate of drug-likeness (QED) is 0.0264. The maximum absolute atomic E-state index is 12.6. The summed E-state index contributed by atoms with van der Waals surface area (Å²) < 4.78 is 32.6. The minimum absolute atomic E-state index is 0.0570. The number of unbranched alkanes of at least 4 members (excludes halogenated alkanes) is 41. The van der Waals surface area contributed by atoms with E-state index in [0.717, 1.165) is 44.9 Å². The van der Waals surface area contributed by atoms with Crippen molar-refractivity contribution in [3.05, 3.63) is 12.2 Å². The fourth-order valence-corrected chi connectivity index (χ4v) is 9.58. The molecule has 0 aromatic carbocycles. The molecule has 0 spiro atoms. The van der Waals surface area contributed by atoms with Gasteiger partial charge in [-0.3, -0.25) is 18.6 Å². The molecular formula is C57H112NO8P. The first-order valence-corrected chi connectivity index (χ1v) is 30.7. The summed E-state index contributed by atoms with van der Waals surface area (Å²) >= 11 is 0. The predicted molar refractivity (Wildman–Crippen MR) is 284 cm³/mol. The van der Waals surface area contributed by atoms with Gasteiger partial charge in [0.15, 0.2) is 6.10 Å². The number of rotatable bonds is 56. The summed E-state index contributed by atoms with van der Waals surface area (Å²) in [4.78, 5) is 34.6. The van der Waals surface area contributed by atoms with Gasteiger partial charge in [0.1, 0.15) is 6.61 Å². The lowest BCUT2D eigenvalue weighted by Crippen LogP contribution is -2.29. The highest BCUT2D eigenvalue weighted by molar-refractivity contribution is 7.47. The van der Waals surface area contributed by atoms with Gasteiger partial charge in [-0.15, -0.1) is 0 Å². The Kier molecular flexibility index (Phi) is 53.1. The van der Waals surface area contributed by atoms with Gasteiger partial charge in [0.05, 0.1) is 13.2 Å². The van der Waals surface area contributed by atoms with Gasteiger partial charge < -0.3 is 20.1 Å². The van der Waals surface area contributed by atoms with E-state index < -0.39 is 26.5 Å². The largest absolute Gasteiger partial charge is 0.472 e. The van der Waals surface area contributed by atoms with Gasteiger partial charge in [-0.05, 0) is 38.5 Å². The number of esters is 2. The summed E-state index contributed by atoms with van der Waals surface area (Å²) in [7, 11) is -4.36. The number of phosphoric acid groups is 1. The summed E-state index contributed by atoms with van der Waals surface area (Å²) in [6, 6.07) is 0. The molecule has 0 saturated heterocycles.